The van der Waals surface area contributed by atoms with Gasteiger partial charge < -0.3 is 10.2 Å². The van der Waals surface area contributed by atoms with E-state index in [2.05, 4.69) is 5.32 Å². The van der Waals surface area contributed by atoms with Crippen LogP contribution in [0.25, 0.3) is 0 Å². The van der Waals surface area contributed by atoms with Gasteiger partial charge in [-0.2, -0.15) is 0 Å². The zero-order valence-corrected chi connectivity index (χ0v) is 22.8. The van der Waals surface area contributed by atoms with Gasteiger partial charge in [-0.25, -0.2) is 8.42 Å². The predicted octanol–water partition coefficient (Wildman–Crippen LogP) is 3.83. The van der Waals surface area contributed by atoms with E-state index in [1.807, 2.05) is 77.9 Å². The Balaban J connectivity index is 2.41. The van der Waals surface area contributed by atoms with Crippen LogP contribution in [0.15, 0.2) is 48.5 Å². The van der Waals surface area contributed by atoms with Crippen molar-refractivity contribution in [1.82, 2.24) is 10.2 Å². The maximum absolute atomic E-state index is 13.7. The van der Waals surface area contributed by atoms with Gasteiger partial charge in [-0.15, -0.1) is 0 Å². The Bertz CT molecular complexity index is 1100. The molecule has 0 heterocycles. The summed E-state index contributed by atoms with van der Waals surface area (Å²) in [6.45, 7) is 11.2. The van der Waals surface area contributed by atoms with Crippen molar-refractivity contribution in [3.05, 3.63) is 65.2 Å². The maximum atomic E-state index is 13.7. The number of hydrogen-bond donors (Lipinski definition) is 1. The second-order valence-corrected chi connectivity index (χ2v) is 12.0. The second kappa shape index (κ2) is 11.7. The molecular formula is C27H39N3O4S. The molecule has 0 aliphatic heterocycles. The molecule has 192 valence electrons. The molecule has 0 saturated carbocycles. The van der Waals surface area contributed by atoms with E-state index in [1.54, 1.807) is 12.1 Å². The van der Waals surface area contributed by atoms with Crippen LogP contribution in [0.5, 0.6) is 0 Å². The Morgan fingerprint density at radius 2 is 1.57 bits per heavy atom. The lowest BCUT2D eigenvalue weighted by Gasteiger charge is -2.34. The van der Waals surface area contributed by atoms with Gasteiger partial charge in [-0.05, 0) is 76.3 Å². The van der Waals surface area contributed by atoms with Crippen LogP contribution in [0, 0.1) is 13.8 Å². The first-order valence-electron chi connectivity index (χ1n) is 11.9. The van der Waals surface area contributed by atoms with Crippen LogP contribution in [-0.4, -0.2) is 56.1 Å². The van der Waals surface area contributed by atoms with Gasteiger partial charge in [-0.3, -0.25) is 13.9 Å². The molecule has 35 heavy (non-hydrogen) atoms. The van der Waals surface area contributed by atoms with Gasteiger partial charge in [0.25, 0.3) is 0 Å². The van der Waals surface area contributed by atoms with Gasteiger partial charge in [0.2, 0.25) is 21.8 Å². The first kappa shape index (κ1) is 28.4. The van der Waals surface area contributed by atoms with Crippen LogP contribution >= 0.6 is 0 Å². The molecule has 0 spiro atoms. The monoisotopic (exact) mass is 501 g/mol. The van der Waals surface area contributed by atoms with E-state index in [9.17, 15) is 18.0 Å². The highest BCUT2D eigenvalue weighted by molar-refractivity contribution is 7.92. The zero-order chi connectivity index (χ0) is 26.4. The lowest BCUT2D eigenvalue weighted by Crippen LogP contribution is -2.56. The van der Waals surface area contributed by atoms with E-state index in [4.69, 9.17) is 0 Å². The summed E-state index contributed by atoms with van der Waals surface area (Å²) < 4.78 is 26.6. The molecule has 0 aliphatic rings. The molecule has 2 amide bonds. The minimum atomic E-state index is -3.74. The number of amides is 2. The molecule has 1 N–H and O–H groups in total. The standard InChI is InChI=1S/C27H39N3O4S/c1-8-24(26(32)28-27(4,5)6)29(15-14-22-12-10-9-11-13-22)25(31)19-30(35(7,33)34)23-17-20(2)16-21(3)18-23/h9-13,16-18,24H,8,14-15,19H2,1-7H3,(H,28,32)/t24-/m1/s1. The van der Waals surface area contributed by atoms with Crippen LogP contribution in [0.4, 0.5) is 5.69 Å². The van der Waals surface area contributed by atoms with Gasteiger partial charge in [0, 0.05) is 12.1 Å². The summed E-state index contributed by atoms with van der Waals surface area (Å²) in [5.74, 6) is -0.667. The Morgan fingerprint density at radius 1 is 1.00 bits per heavy atom. The number of hydrogen-bond acceptors (Lipinski definition) is 4. The molecule has 0 unspecified atom stereocenters. The normalized spacial score (nSPS) is 12.7. The predicted molar refractivity (Wildman–Crippen MR) is 142 cm³/mol. The summed E-state index contributed by atoms with van der Waals surface area (Å²) in [6, 6.07) is 14.4. The lowest BCUT2D eigenvalue weighted by atomic mass is 10.1. The number of nitrogens with one attached hydrogen (secondary N) is 1. The number of anilines is 1. The number of benzene rings is 2. The fraction of sp³-hybridized carbons (Fsp3) is 0.481. The minimum Gasteiger partial charge on any atom is -0.350 e. The summed E-state index contributed by atoms with van der Waals surface area (Å²) in [7, 11) is -3.74. The summed E-state index contributed by atoms with van der Waals surface area (Å²) in [4.78, 5) is 28.3. The molecule has 0 fully saturated rings. The topological polar surface area (TPSA) is 86.8 Å². The largest absolute Gasteiger partial charge is 0.350 e. The van der Waals surface area contributed by atoms with E-state index in [1.165, 1.54) is 4.90 Å². The number of sulfonamides is 1. The van der Waals surface area contributed by atoms with Gasteiger partial charge >= 0.3 is 0 Å². The smallest absolute Gasteiger partial charge is 0.244 e. The first-order valence-corrected chi connectivity index (χ1v) is 13.8. The van der Waals surface area contributed by atoms with E-state index in [0.29, 0.717) is 25.1 Å². The molecule has 0 saturated heterocycles. The van der Waals surface area contributed by atoms with Crippen LogP contribution < -0.4 is 9.62 Å². The van der Waals surface area contributed by atoms with Crippen LogP contribution in [0.2, 0.25) is 0 Å². The molecule has 2 aromatic rings. The third-order valence-electron chi connectivity index (χ3n) is 5.54. The Kier molecular flexibility index (Phi) is 9.49. The molecule has 0 radical (unpaired) electrons. The summed E-state index contributed by atoms with van der Waals surface area (Å²) >= 11 is 0. The van der Waals surface area contributed by atoms with E-state index >= 15 is 0 Å². The Hall–Kier alpha value is -2.87. The van der Waals surface area contributed by atoms with Crippen molar-refractivity contribution in [3.8, 4) is 0 Å². The highest BCUT2D eigenvalue weighted by atomic mass is 32.2. The molecule has 2 rings (SSSR count). The maximum Gasteiger partial charge on any atom is 0.244 e. The SMILES string of the molecule is CC[C@H](C(=O)NC(C)(C)C)N(CCc1ccccc1)C(=O)CN(c1cc(C)cc(C)c1)S(C)(=O)=O. The van der Waals surface area contributed by atoms with Crippen molar-refractivity contribution in [3.63, 3.8) is 0 Å². The van der Waals surface area contributed by atoms with Crippen molar-refractivity contribution in [1.29, 1.82) is 0 Å². The second-order valence-electron chi connectivity index (χ2n) is 10.1. The van der Waals surface area contributed by atoms with Crippen LogP contribution in [0.1, 0.15) is 50.8 Å². The molecular weight excluding hydrogens is 462 g/mol. The van der Waals surface area contributed by atoms with Crippen molar-refractivity contribution in [2.45, 2.75) is 66.0 Å². The Morgan fingerprint density at radius 3 is 2.06 bits per heavy atom. The number of carbonyl (C=O) groups is 2. The summed E-state index contributed by atoms with van der Waals surface area (Å²) in [5.41, 5.74) is 2.81. The zero-order valence-electron chi connectivity index (χ0n) is 22.0. The average Bonchev–Trinajstić information content (AvgIpc) is 2.72. The molecule has 0 aliphatic carbocycles. The van der Waals surface area contributed by atoms with E-state index in [0.717, 1.165) is 27.3 Å². The van der Waals surface area contributed by atoms with Gasteiger partial charge in [0.05, 0.1) is 11.9 Å². The third kappa shape index (κ3) is 8.69. The highest BCUT2D eigenvalue weighted by Crippen LogP contribution is 2.22. The molecule has 0 aromatic heterocycles. The van der Waals surface area contributed by atoms with E-state index in [-0.39, 0.29) is 12.5 Å². The minimum absolute atomic E-state index is 0.251. The quantitative estimate of drug-likeness (QED) is 0.536. The van der Waals surface area contributed by atoms with E-state index < -0.39 is 27.5 Å². The van der Waals surface area contributed by atoms with Crippen molar-refractivity contribution in [2.75, 3.05) is 23.7 Å². The van der Waals surface area contributed by atoms with Gasteiger partial charge in [0.1, 0.15) is 12.6 Å². The van der Waals surface area contributed by atoms with Crippen LogP contribution in [-0.2, 0) is 26.0 Å². The van der Waals surface area contributed by atoms with Crippen molar-refractivity contribution < 1.29 is 18.0 Å². The lowest BCUT2D eigenvalue weighted by molar-refractivity contribution is -0.140. The summed E-state index contributed by atoms with van der Waals surface area (Å²) in [5, 5.41) is 2.97. The molecule has 7 nitrogen and oxygen atoms in total. The fourth-order valence-corrected chi connectivity index (χ4v) is 4.89. The summed E-state index contributed by atoms with van der Waals surface area (Å²) in [6.07, 6.45) is 2.05. The number of carbonyl (C=O) groups excluding carboxylic acids is 2. The Labute approximate surface area is 210 Å². The molecule has 1 atom stereocenters. The number of rotatable bonds is 10. The molecule has 2 aromatic carbocycles. The van der Waals surface area contributed by atoms with Crippen LogP contribution in [0.3, 0.4) is 0 Å². The fourth-order valence-electron chi connectivity index (χ4n) is 4.06. The molecule has 8 heteroatoms. The van der Waals surface area contributed by atoms with Crippen molar-refractivity contribution in [2.24, 2.45) is 0 Å². The third-order valence-corrected chi connectivity index (χ3v) is 6.68. The first-order chi connectivity index (χ1) is 16.2. The van der Waals surface area contributed by atoms with Gasteiger partial charge in [0.15, 0.2) is 0 Å². The average molecular weight is 502 g/mol. The van der Waals surface area contributed by atoms with Gasteiger partial charge in [-0.1, -0.05) is 43.3 Å². The van der Waals surface area contributed by atoms with Crippen molar-refractivity contribution >= 4 is 27.5 Å². The highest BCUT2D eigenvalue weighted by Gasteiger charge is 2.32. The number of aryl methyl sites for hydroxylation is 2. The molecule has 0 bridgehead atoms. The number of nitrogens with zero attached hydrogens (tertiary/aromatic N) is 2.